The standard InChI is InChI=1S/C29H22ClNO2/c30-23-17-15-20(16-18-23)26-29(19-22-11-7-8-14-25(22)27(29)32)28(21-9-3-1-4-10-21)33-31(26)24-12-5-2-6-13-24/h1-18,26,28H,19H2/t26-,28+,29+/m1/s1. The Morgan fingerprint density at radius 3 is 2.09 bits per heavy atom. The number of para-hydroxylation sites is 1. The second-order valence-electron chi connectivity index (χ2n) is 8.71. The number of ketones is 1. The van der Waals surface area contributed by atoms with Crippen molar-refractivity contribution in [1.29, 1.82) is 0 Å². The second kappa shape index (κ2) is 7.87. The number of fused-ring (bicyclic) bond motifs is 1. The van der Waals surface area contributed by atoms with Crippen LogP contribution in [0.15, 0.2) is 109 Å². The van der Waals surface area contributed by atoms with Crippen molar-refractivity contribution in [3.05, 3.63) is 136 Å². The Balaban J connectivity index is 1.61. The molecule has 2 aliphatic rings. The highest BCUT2D eigenvalue weighted by atomic mass is 35.5. The van der Waals surface area contributed by atoms with E-state index in [1.54, 1.807) is 0 Å². The van der Waals surface area contributed by atoms with Crippen LogP contribution in [0.4, 0.5) is 5.69 Å². The summed E-state index contributed by atoms with van der Waals surface area (Å²) in [6.07, 6.45) is 0.178. The maximum Gasteiger partial charge on any atom is 0.175 e. The molecule has 0 aromatic heterocycles. The Morgan fingerprint density at radius 1 is 0.758 bits per heavy atom. The highest BCUT2D eigenvalue weighted by molar-refractivity contribution is 6.30. The average molecular weight is 452 g/mol. The van der Waals surface area contributed by atoms with Gasteiger partial charge < -0.3 is 0 Å². The lowest BCUT2D eigenvalue weighted by molar-refractivity contribution is 0.0342. The van der Waals surface area contributed by atoms with Crippen LogP contribution in [-0.2, 0) is 11.3 Å². The van der Waals surface area contributed by atoms with Crippen molar-refractivity contribution >= 4 is 23.1 Å². The second-order valence-corrected chi connectivity index (χ2v) is 9.15. The van der Waals surface area contributed by atoms with Crippen molar-refractivity contribution in [2.24, 2.45) is 5.41 Å². The first kappa shape index (κ1) is 20.2. The summed E-state index contributed by atoms with van der Waals surface area (Å²) in [6, 6.07) is 35.5. The Bertz CT molecular complexity index is 1310. The van der Waals surface area contributed by atoms with E-state index in [9.17, 15) is 4.79 Å². The smallest absolute Gasteiger partial charge is 0.175 e. The van der Waals surface area contributed by atoms with Gasteiger partial charge in [-0.3, -0.25) is 9.63 Å². The van der Waals surface area contributed by atoms with Crippen molar-refractivity contribution in [1.82, 2.24) is 0 Å². The number of carbonyl (C=O) groups excluding carboxylic acids is 1. The van der Waals surface area contributed by atoms with Crippen molar-refractivity contribution in [3.8, 4) is 0 Å². The van der Waals surface area contributed by atoms with Crippen LogP contribution in [0.5, 0.6) is 0 Å². The Morgan fingerprint density at radius 2 is 1.39 bits per heavy atom. The fourth-order valence-electron chi connectivity index (χ4n) is 5.44. The van der Waals surface area contributed by atoms with Gasteiger partial charge in [-0.2, -0.15) is 0 Å². The number of hydroxylamine groups is 1. The monoisotopic (exact) mass is 451 g/mol. The summed E-state index contributed by atoms with van der Waals surface area (Å²) in [6.45, 7) is 0. The third-order valence-electron chi connectivity index (χ3n) is 6.88. The number of anilines is 1. The van der Waals surface area contributed by atoms with Crippen LogP contribution in [0, 0.1) is 5.41 Å². The molecule has 0 unspecified atom stereocenters. The van der Waals surface area contributed by atoms with Gasteiger partial charge in [0, 0.05) is 10.6 Å². The van der Waals surface area contributed by atoms with Gasteiger partial charge in [-0.05, 0) is 47.4 Å². The van der Waals surface area contributed by atoms with Gasteiger partial charge in [-0.25, -0.2) is 5.06 Å². The minimum Gasteiger partial charge on any atom is -0.293 e. The molecule has 0 N–H and O–H groups in total. The van der Waals surface area contributed by atoms with Gasteiger partial charge in [-0.1, -0.05) is 96.5 Å². The molecule has 33 heavy (non-hydrogen) atoms. The van der Waals surface area contributed by atoms with Crippen LogP contribution in [0.1, 0.15) is 39.2 Å². The van der Waals surface area contributed by atoms with Gasteiger partial charge in [0.1, 0.15) is 6.10 Å². The van der Waals surface area contributed by atoms with E-state index in [1.807, 2.05) is 96.1 Å². The molecule has 1 saturated heterocycles. The Labute approximate surface area is 198 Å². The normalized spacial score (nSPS) is 23.8. The zero-order valence-corrected chi connectivity index (χ0v) is 18.7. The van der Waals surface area contributed by atoms with E-state index in [0.29, 0.717) is 11.4 Å². The number of benzene rings is 4. The summed E-state index contributed by atoms with van der Waals surface area (Å²) < 4.78 is 0. The van der Waals surface area contributed by atoms with Gasteiger partial charge in [0.15, 0.2) is 5.78 Å². The summed E-state index contributed by atoms with van der Waals surface area (Å²) in [5.74, 6) is 0.130. The topological polar surface area (TPSA) is 29.5 Å². The van der Waals surface area contributed by atoms with E-state index in [1.165, 1.54) is 0 Å². The number of rotatable bonds is 3. The molecular formula is C29H22ClNO2. The molecule has 4 aromatic carbocycles. The molecule has 1 fully saturated rings. The quantitative estimate of drug-likeness (QED) is 0.336. The highest BCUT2D eigenvalue weighted by Crippen LogP contribution is 2.62. The first-order valence-electron chi connectivity index (χ1n) is 11.1. The Kier molecular flexibility index (Phi) is 4.83. The maximum absolute atomic E-state index is 14.3. The molecule has 3 nitrogen and oxygen atoms in total. The summed E-state index contributed by atoms with van der Waals surface area (Å²) in [7, 11) is 0. The van der Waals surface area contributed by atoms with Crippen molar-refractivity contribution in [3.63, 3.8) is 0 Å². The molecule has 0 radical (unpaired) electrons. The predicted molar refractivity (Wildman–Crippen MR) is 130 cm³/mol. The fraction of sp³-hybridized carbons (Fsp3) is 0.138. The maximum atomic E-state index is 14.3. The van der Waals surface area contributed by atoms with Crippen molar-refractivity contribution in [2.75, 3.05) is 5.06 Å². The zero-order chi connectivity index (χ0) is 22.4. The highest BCUT2D eigenvalue weighted by Gasteiger charge is 2.64. The molecule has 0 saturated carbocycles. The van der Waals surface area contributed by atoms with Crippen molar-refractivity contribution in [2.45, 2.75) is 18.6 Å². The number of nitrogens with zero attached hydrogens (tertiary/aromatic N) is 1. The minimum atomic E-state index is -0.811. The van der Waals surface area contributed by atoms with Crippen LogP contribution in [0.2, 0.25) is 5.02 Å². The van der Waals surface area contributed by atoms with Crippen LogP contribution in [0.25, 0.3) is 0 Å². The van der Waals surface area contributed by atoms with Gasteiger partial charge in [0.2, 0.25) is 0 Å². The first-order valence-corrected chi connectivity index (χ1v) is 11.5. The minimum absolute atomic E-state index is 0.130. The van der Waals surface area contributed by atoms with Gasteiger partial charge >= 0.3 is 0 Å². The lowest BCUT2D eigenvalue weighted by atomic mass is 9.68. The fourth-order valence-corrected chi connectivity index (χ4v) is 5.57. The molecule has 4 aromatic rings. The Hall–Kier alpha value is -3.40. The summed E-state index contributed by atoms with van der Waals surface area (Å²) in [5.41, 5.74) is 3.96. The van der Waals surface area contributed by atoms with Crippen LogP contribution < -0.4 is 5.06 Å². The number of hydrogen-bond donors (Lipinski definition) is 0. The first-order chi connectivity index (χ1) is 16.2. The van der Waals surface area contributed by atoms with E-state index in [4.69, 9.17) is 16.4 Å². The third-order valence-corrected chi connectivity index (χ3v) is 7.13. The van der Waals surface area contributed by atoms with Crippen molar-refractivity contribution < 1.29 is 9.63 Å². The lowest BCUT2D eigenvalue weighted by Gasteiger charge is -2.34. The molecule has 1 heterocycles. The van der Waals surface area contributed by atoms with E-state index >= 15 is 0 Å². The zero-order valence-electron chi connectivity index (χ0n) is 17.9. The third kappa shape index (κ3) is 3.12. The molecule has 1 spiro atoms. The van der Waals surface area contributed by atoms with E-state index in [2.05, 4.69) is 18.2 Å². The van der Waals surface area contributed by atoms with Gasteiger partial charge in [-0.15, -0.1) is 0 Å². The lowest BCUT2D eigenvalue weighted by Crippen LogP contribution is -2.39. The van der Waals surface area contributed by atoms with E-state index in [-0.39, 0.29) is 11.8 Å². The number of carbonyl (C=O) groups is 1. The molecule has 1 aliphatic heterocycles. The molecule has 6 rings (SSSR count). The molecular weight excluding hydrogens is 430 g/mol. The summed E-state index contributed by atoms with van der Waals surface area (Å²) in [4.78, 5) is 21.0. The molecule has 4 heteroatoms. The van der Waals surface area contributed by atoms with Crippen LogP contribution >= 0.6 is 11.6 Å². The van der Waals surface area contributed by atoms with Gasteiger partial charge in [0.25, 0.3) is 0 Å². The molecule has 3 atom stereocenters. The average Bonchev–Trinajstić information content (AvgIpc) is 3.36. The number of hydrogen-bond acceptors (Lipinski definition) is 3. The molecule has 0 amide bonds. The molecule has 1 aliphatic carbocycles. The largest absolute Gasteiger partial charge is 0.293 e. The van der Waals surface area contributed by atoms with Gasteiger partial charge in [0.05, 0.1) is 17.1 Å². The predicted octanol–water partition coefficient (Wildman–Crippen LogP) is 7.00. The van der Waals surface area contributed by atoms with E-state index < -0.39 is 11.5 Å². The number of Topliss-reactive ketones (excluding diaryl/α,β-unsaturated/α-hetero) is 1. The molecule has 162 valence electrons. The van der Waals surface area contributed by atoms with Crippen LogP contribution in [0.3, 0.4) is 0 Å². The summed E-state index contributed by atoms with van der Waals surface area (Å²) in [5, 5.41) is 2.60. The van der Waals surface area contributed by atoms with E-state index in [0.717, 1.165) is 27.9 Å². The SMILES string of the molecule is O=C1c2ccccc2C[C@@]12[C@H](c1ccccc1)ON(c1ccccc1)[C@@H]2c1ccc(Cl)cc1. The molecule has 0 bridgehead atoms. The number of halogens is 1. The summed E-state index contributed by atoms with van der Waals surface area (Å²) >= 11 is 6.24. The van der Waals surface area contributed by atoms with Crippen LogP contribution in [-0.4, -0.2) is 5.78 Å².